The van der Waals surface area contributed by atoms with Gasteiger partial charge in [-0.2, -0.15) is 0 Å². The summed E-state index contributed by atoms with van der Waals surface area (Å²) in [6.45, 7) is 1.38. The second-order valence-corrected chi connectivity index (χ2v) is 5.39. The molecule has 0 radical (unpaired) electrons. The van der Waals surface area contributed by atoms with Gasteiger partial charge in [0.2, 0.25) is 11.8 Å². The highest BCUT2D eigenvalue weighted by Gasteiger charge is 2.50. The van der Waals surface area contributed by atoms with E-state index < -0.39 is 11.6 Å². The van der Waals surface area contributed by atoms with Gasteiger partial charge in [0.25, 0.3) is 0 Å². The van der Waals surface area contributed by atoms with Crippen LogP contribution in [-0.2, 0) is 16.1 Å². The highest BCUT2D eigenvalue weighted by molar-refractivity contribution is 6.05. The summed E-state index contributed by atoms with van der Waals surface area (Å²) in [5.74, 6) is -2.64. The first-order valence-electron chi connectivity index (χ1n) is 6.45. The first kappa shape index (κ1) is 13.2. The van der Waals surface area contributed by atoms with Gasteiger partial charge in [0, 0.05) is 26.7 Å². The van der Waals surface area contributed by atoms with E-state index in [4.69, 9.17) is 0 Å². The fourth-order valence-corrected chi connectivity index (χ4v) is 3.02. The van der Waals surface area contributed by atoms with Crippen molar-refractivity contribution in [3.05, 3.63) is 35.4 Å². The molecule has 6 heteroatoms. The van der Waals surface area contributed by atoms with Crippen LogP contribution >= 0.6 is 0 Å². The van der Waals surface area contributed by atoms with Gasteiger partial charge in [-0.25, -0.2) is 8.78 Å². The maximum atomic E-state index is 13.2. The van der Waals surface area contributed by atoms with Gasteiger partial charge in [0.1, 0.15) is 0 Å². The van der Waals surface area contributed by atoms with Gasteiger partial charge >= 0.3 is 0 Å². The molecule has 2 amide bonds. The van der Waals surface area contributed by atoms with Crippen molar-refractivity contribution in [2.45, 2.75) is 6.54 Å². The lowest BCUT2D eigenvalue weighted by Gasteiger charge is -2.18. The molecule has 1 aromatic carbocycles. The van der Waals surface area contributed by atoms with Crippen LogP contribution in [0.15, 0.2) is 18.2 Å². The second-order valence-electron chi connectivity index (χ2n) is 5.39. The maximum absolute atomic E-state index is 13.2. The lowest BCUT2D eigenvalue weighted by atomic mass is 10.00. The number of fused-ring (bicyclic) bond motifs is 1. The highest BCUT2D eigenvalue weighted by Crippen LogP contribution is 2.33. The smallest absolute Gasteiger partial charge is 0.234 e. The molecule has 2 aliphatic heterocycles. The van der Waals surface area contributed by atoms with Crippen LogP contribution < -0.4 is 0 Å². The molecular weight excluding hydrogens is 266 g/mol. The van der Waals surface area contributed by atoms with E-state index in [2.05, 4.69) is 0 Å². The van der Waals surface area contributed by atoms with Crippen molar-refractivity contribution in [2.75, 3.05) is 20.1 Å². The van der Waals surface area contributed by atoms with E-state index in [-0.39, 0.29) is 23.7 Å². The summed E-state index contributed by atoms with van der Waals surface area (Å²) < 4.78 is 26.0. The van der Waals surface area contributed by atoms with E-state index in [0.717, 1.165) is 12.1 Å². The average molecular weight is 280 g/mol. The Morgan fingerprint density at radius 2 is 1.70 bits per heavy atom. The lowest BCUT2D eigenvalue weighted by molar-refractivity contribution is -0.138. The van der Waals surface area contributed by atoms with E-state index in [0.29, 0.717) is 25.2 Å². The summed E-state index contributed by atoms with van der Waals surface area (Å²) in [7, 11) is 1.50. The minimum atomic E-state index is -0.881. The zero-order valence-electron chi connectivity index (χ0n) is 11.0. The number of rotatable bonds is 2. The minimum absolute atomic E-state index is 0.146. The standard InChI is InChI=1S/C14H14F2N2O2/c1-17-13(19)9-6-18(7-10(9)14(17)20)5-8-2-3-11(15)12(16)4-8/h2-4,9-10H,5-7H2,1H3/t9-,10+. The predicted octanol–water partition coefficient (Wildman–Crippen LogP) is 1.01. The first-order valence-corrected chi connectivity index (χ1v) is 6.45. The van der Waals surface area contributed by atoms with Gasteiger partial charge in [-0.05, 0) is 17.7 Å². The Kier molecular flexibility index (Phi) is 3.05. The molecule has 106 valence electrons. The molecule has 3 rings (SSSR count). The largest absolute Gasteiger partial charge is 0.297 e. The molecule has 0 unspecified atom stereocenters. The van der Waals surface area contributed by atoms with Crippen LogP contribution in [0.5, 0.6) is 0 Å². The van der Waals surface area contributed by atoms with E-state index in [9.17, 15) is 18.4 Å². The number of likely N-dealkylation sites (tertiary alicyclic amines) is 2. The predicted molar refractivity (Wildman–Crippen MR) is 66.4 cm³/mol. The number of hydrogen-bond donors (Lipinski definition) is 0. The summed E-state index contributed by atoms with van der Waals surface area (Å²) in [4.78, 5) is 26.8. The molecule has 2 aliphatic rings. The maximum Gasteiger partial charge on any atom is 0.234 e. The van der Waals surface area contributed by atoms with E-state index in [1.807, 2.05) is 4.90 Å². The van der Waals surface area contributed by atoms with Gasteiger partial charge in [-0.1, -0.05) is 6.07 Å². The Bertz CT molecular complexity index is 567. The van der Waals surface area contributed by atoms with Crippen LogP contribution in [0, 0.1) is 23.5 Å². The molecule has 2 fully saturated rings. The van der Waals surface area contributed by atoms with E-state index >= 15 is 0 Å². The van der Waals surface area contributed by atoms with E-state index in [1.54, 1.807) is 0 Å². The van der Waals surface area contributed by atoms with Crippen molar-refractivity contribution in [1.82, 2.24) is 9.80 Å². The fraction of sp³-hybridized carbons (Fsp3) is 0.429. The molecule has 2 saturated heterocycles. The third kappa shape index (κ3) is 2.00. The molecule has 0 aromatic heterocycles. The monoisotopic (exact) mass is 280 g/mol. The number of carbonyl (C=O) groups excluding carboxylic acids is 2. The van der Waals surface area contributed by atoms with Crippen LogP contribution in [0.4, 0.5) is 8.78 Å². The molecule has 0 spiro atoms. The normalized spacial score (nSPS) is 26.4. The number of hydrogen-bond acceptors (Lipinski definition) is 3. The molecule has 2 heterocycles. The molecular formula is C14H14F2N2O2. The van der Waals surface area contributed by atoms with Crippen molar-refractivity contribution in [3.8, 4) is 0 Å². The number of amides is 2. The third-order valence-corrected chi connectivity index (χ3v) is 4.08. The third-order valence-electron chi connectivity index (χ3n) is 4.08. The first-order chi connectivity index (χ1) is 9.47. The van der Waals surface area contributed by atoms with Crippen molar-refractivity contribution in [1.29, 1.82) is 0 Å². The van der Waals surface area contributed by atoms with Gasteiger partial charge in [-0.15, -0.1) is 0 Å². The number of imide groups is 1. The van der Waals surface area contributed by atoms with E-state index in [1.165, 1.54) is 18.0 Å². The molecule has 20 heavy (non-hydrogen) atoms. The highest BCUT2D eigenvalue weighted by atomic mass is 19.2. The Morgan fingerprint density at radius 3 is 2.25 bits per heavy atom. The van der Waals surface area contributed by atoms with Crippen LogP contribution in [0.3, 0.4) is 0 Å². The number of benzene rings is 1. The topological polar surface area (TPSA) is 40.6 Å². The molecule has 4 nitrogen and oxygen atoms in total. The number of nitrogens with zero attached hydrogens (tertiary/aromatic N) is 2. The Labute approximate surface area is 115 Å². The SMILES string of the molecule is CN1C(=O)[C@H]2CN(Cc3ccc(F)c(F)c3)C[C@H]2C1=O. The molecule has 0 N–H and O–H groups in total. The second kappa shape index (κ2) is 4.63. The Balaban J connectivity index is 1.71. The molecule has 0 saturated carbocycles. The van der Waals surface area contributed by atoms with Gasteiger partial charge < -0.3 is 0 Å². The zero-order chi connectivity index (χ0) is 14.4. The van der Waals surface area contributed by atoms with Crippen LogP contribution in [0.25, 0.3) is 0 Å². The van der Waals surface area contributed by atoms with Crippen LogP contribution in [0.1, 0.15) is 5.56 Å². The van der Waals surface area contributed by atoms with Gasteiger partial charge in [0.15, 0.2) is 11.6 Å². The minimum Gasteiger partial charge on any atom is -0.297 e. The molecule has 2 atom stereocenters. The summed E-state index contributed by atoms with van der Waals surface area (Å²) in [5, 5.41) is 0. The lowest BCUT2D eigenvalue weighted by Crippen LogP contribution is -2.32. The van der Waals surface area contributed by atoms with Crippen molar-refractivity contribution in [3.63, 3.8) is 0 Å². The van der Waals surface area contributed by atoms with Gasteiger partial charge in [0.05, 0.1) is 11.8 Å². The Morgan fingerprint density at radius 1 is 1.10 bits per heavy atom. The summed E-state index contributed by atoms with van der Waals surface area (Å²) in [5.41, 5.74) is 0.636. The van der Waals surface area contributed by atoms with Crippen LogP contribution in [0.2, 0.25) is 0 Å². The molecule has 0 bridgehead atoms. The summed E-state index contributed by atoms with van der Waals surface area (Å²) in [6, 6.07) is 3.76. The number of halogens is 2. The Hall–Kier alpha value is -1.82. The molecule has 1 aromatic rings. The van der Waals surface area contributed by atoms with Crippen LogP contribution in [-0.4, -0.2) is 41.8 Å². The van der Waals surface area contributed by atoms with Crippen molar-refractivity contribution >= 4 is 11.8 Å². The number of carbonyl (C=O) groups is 2. The zero-order valence-corrected chi connectivity index (χ0v) is 11.0. The summed E-state index contributed by atoms with van der Waals surface area (Å²) >= 11 is 0. The fourth-order valence-electron chi connectivity index (χ4n) is 3.02. The van der Waals surface area contributed by atoms with Gasteiger partial charge in [-0.3, -0.25) is 19.4 Å². The molecule has 0 aliphatic carbocycles. The quantitative estimate of drug-likeness (QED) is 0.759. The average Bonchev–Trinajstić information content (AvgIpc) is 2.91. The summed E-state index contributed by atoms with van der Waals surface area (Å²) in [6.07, 6.45) is 0. The van der Waals surface area contributed by atoms with Crippen molar-refractivity contribution in [2.24, 2.45) is 11.8 Å². The van der Waals surface area contributed by atoms with Crippen molar-refractivity contribution < 1.29 is 18.4 Å².